The topological polar surface area (TPSA) is 94.9 Å². The summed E-state index contributed by atoms with van der Waals surface area (Å²) in [4.78, 5) is 10.9. The van der Waals surface area contributed by atoms with Crippen LogP contribution in [0.15, 0.2) is 23.1 Å². The summed E-state index contributed by atoms with van der Waals surface area (Å²) in [6.07, 6.45) is -1.15. The lowest BCUT2D eigenvalue weighted by atomic mass is 10.2. The third-order valence-electron chi connectivity index (χ3n) is 3.02. The maximum absolute atomic E-state index is 12.4. The number of nitrogens with zero attached hydrogens (tertiary/aromatic N) is 1. The Morgan fingerprint density at radius 1 is 1.30 bits per heavy atom. The number of benzene rings is 1. The van der Waals surface area contributed by atoms with Crippen LogP contribution >= 0.6 is 23.2 Å². The van der Waals surface area contributed by atoms with Crippen LogP contribution in [0.2, 0.25) is 10.0 Å². The van der Waals surface area contributed by atoms with Crippen molar-refractivity contribution >= 4 is 39.2 Å². The molecule has 9 heteroatoms. The molecule has 1 fully saturated rings. The first kappa shape index (κ1) is 15.5. The lowest BCUT2D eigenvalue weighted by Gasteiger charge is -2.20. The number of carboxylic acids is 1. The Morgan fingerprint density at radius 2 is 1.95 bits per heavy atom. The van der Waals surface area contributed by atoms with Gasteiger partial charge in [0.25, 0.3) is 0 Å². The smallest absolute Gasteiger partial charge is 0.322 e. The molecule has 0 aromatic heterocycles. The normalized spacial score (nSPS) is 23.9. The molecule has 2 rings (SSSR count). The molecule has 1 aromatic rings. The van der Waals surface area contributed by atoms with E-state index in [2.05, 4.69) is 0 Å². The molecular weight excluding hydrogens is 329 g/mol. The molecule has 2 N–H and O–H groups in total. The van der Waals surface area contributed by atoms with Crippen molar-refractivity contribution in [1.82, 2.24) is 4.31 Å². The maximum Gasteiger partial charge on any atom is 0.322 e. The second-order valence-corrected chi connectivity index (χ2v) is 7.10. The Labute approximate surface area is 125 Å². The van der Waals surface area contributed by atoms with Gasteiger partial charge in [-0.1, -0.05) is 23.2 Å². The van der Waals surface area contributed by atoms with E-state index < -0.39 is 28.1 Å². The summed E-state index contributed by atoms with van der Waals surface area (Å²) in [5.74, 6) is -1.30. The Kier molecular flexibility index (Phi) is 4.27. The lowest BCUT2D eigenvalue weighted by Crippen LogP contribution is -2.40. The van der Waals surface area contributed by atoms with E-state index in [1.165, 1.54) is 12.1 Å². The van der Waals surface area contributed by atoms with Gasteiger partial charge >= 0.3 is 5.97 Å². The third kappa shape index (κ3) is 2.77. The molecule has 0 saturated carbocycles. The van der Waals surface area contributed by atoms with E-state index in [0.29, 0.717) is 0 Å². The van der Waals surface area contributed by atoms with Gasteiger partial charge in [0.05, 0.1) is 21.0 Å². The van der Waals surface area contributed by atoms with Gasteiger partial charge in [0.1, 0.15) is 6.04 Å². The second-order valence-electron chi connectivity index (χ2n) is 4.39. The highest BCUT2D eigenvalue weighted by Crippen LogP contribution is 2.30. The molecule has 0 bridgehead atoms. The number of sulfonamides is 1. The Hall–Kier alpha value is -0.860. The van der Waals surface area contributed by atoms with Gasteiger partial charge in [-0.25, -0.2) is 8.42 Å². The molecule has 1 saturated heterocycles. The number of carbonyl (C=O) groups is 1. The number of carboxylic acid groups (broad SMARTS) is 1. The van der Waals surface area contributed by atoms with Gasteiger partial charge < -0.3 is 10.2 Å². The molecule has 0 radical (unpaired) electrons. The zero-order chi connectivity index (χ0) is 15.1. The predicted molar refractivity (Wildman–Crippen MR) is 72.4 cm³/mol. The average molecular weight is 340 g/mol. The van der Waals surface area contributed by atoms with Crippen LogP contribution in [0.25, 0.3) is 0 Å². The van der Waals surface area contributed by atoms with E-state index in [-0.39, 0.29) is 27.9 Å². The Bertz CT molecular complexity index is 648. The molecule has 1 aromatic carbocycles. The third-order valence-corrected chi connectivity index (χ3v) is 5.63. The quantitative estimate of drug-likeness (QED) is 0.862. The number of aliphatic carboxylic acids is 1. The van der Waals surface area contributed by atoms with E-state index in [1.807, 2.05) is 0 Å². The lowest BCUT2D eigenvalue weighted by molar-refractivity contribution is -0.140. The molecule has 110 valence electrons. The highest BCUT2D eigenvalue weighted by molar-refractivity contribution is 7.89. The number of rotatable bonds is 3. The summed E-state index contributed by atoms with van der Waals surface area (Å²) >= 11 is 11.5. The van der Waals surface area contributed by atoms with Gasteiger partial charge in [-0.2, -0.15) is 4.31 Å². The van der Waals surface area contributed by atoms with Crippen LogP contribution < -0.4 is 0 Å². The largest absolute Gasteiger partial charge is 0.480 e. The molecule has 2 atom stereocenters. The molecule has 1 unspecified atom stereocenters. The van der Waals surface area contributed by atoms with Crippen molar-refractivity contribution in [2.24, 2.45) is 0 Å². The van der Waals surface area contributed by atoms with Crippen LogP contribution in [-0.4, -0.2) is 47.6 Å². The van der Waals surface area contributed by atoms with Crippen LogP contribution in [0.4, 0.5) is 0 Å². The number of β-amino-alcohol motifs (C(OH)–C–C–N with tert-alkyl or cyclic N) is 1. The maximum atomic E-state index is 12.4. The number of halogens is 2. The molecule has 0 spiro atoms. The van der Waals surface area contributed by atoms with Gasteiger partial charge in [0.15, 0.2) is 0 Å². The average Bonchev–Trinajstić information content (AvgIpc) is 2.75. The minimum atomic E-state index is -4.06. The molecule has 20 heavy (non-hydrogen) atoms. The van der Waals surface area contributed by atoms with E-state index >= 15 is 0 Å². The summed E-state index contributed by atoms with van der Waals surface area (Å²) in [7, 11) is -4.06. The summed E-state index contributed by atoms with van der Waals surface area (Å²) < 4.78 is 25.6. The van der Waals surface area contributed by atoms with E-state index in [0.717, 1.165) is 10.4 Å². The molecule has 0 aliphatic carbocycles. The molecule has 1 aliphatic heterocycles. The summed E-state index contributed by atoms with van der Waals surface area (Å²) in [5, 5.41) is 18.8. The SMILES string of the molecule is O=C(O)[C@@H]1CC(O)CN1S(=O)(=O)c1ccc(Cl)c(Cl)c1. The summed E-state index contributed by atoms with van der Waals surface area (Å²) in [6.45, 7) is -0.264. The minimum Gasteiger partial charge on any atom is -0.480 e. The van der Waals surface area contributed by atoms with Gasteiger partial charge in [0, 0.05) is 13.0 Å². The van der Waals surface area contributed by atoms with Crippen molar-refractivity contribution in [3.05, 3.63) is 28.2 Å². The van der Waals surface area contributed by atoms with Gasteiger partial charge in [-0.3, -0.25) is 4.79 Å². The Morgan fingerprint density at radius 3 is 2.50 bits per heavy atom. The summed E-state index contributed by atoms with van der Waals surface area (Å²) in [5.41, 5.74) is 0. The van der Waals surface area contributed by atoms with Crippen molar-refractivity contribution in [2.45, 2.75) is 23.5 Å². The number of aliphatic hydroxyl groups excluding tert-OH is 1. The van der Waals surface area contributed by atoms with Crippen molar-refractivity contribution in [3.8, 4) is 0 Å². The molecular formula is C11H11Cl2NO5S. The van der Waals surface area contributed by atoms with Crippen LogP contribution in [0.5, 0.6) is 0 Å². The van der Waals surface area contributed by atoms with Crippen LogP contribution in [-0.2, 0) is 14.8 Å². The fraction of sp³-hybridized carbons (Fsp3) is 0.364. The number of hydrogen-bond donors (Lipinski definition) is 2. The van der Waals surface area contributed by atoms with E-state index in [1.54, 1.807) is 0 Å². The van der Waals surface area contributed by atoms with Crippen molar-refractivity contribution < 1.29 is 23.4 Å². The molecule has 1 heterocycles. The van der Waals surface area contributed by atoms with Crippen molar-refractivity contribution in [1.29, 1.82) is 0 Å². The molecule has 1 aliphatic rings. The first-order valence-corrected chi connectivity index (χ1v) is 7.81. The second kappa shape index (κ2) is 5.50. The van der Waals surface area contributed by atoms with Gasteiger partial charge in [-0.05, 0) is 18.2 Å². The standard InChI is InChI=1S/C11H11Cl2NO5S/c12-8-2-1-7(4-9(8)13)20(18,19)14-5-6(15)3-10(14)11(16)17/h1-2,4,6,10,15H,3,5H2,(H,16,17)/t6?,10-/m0/s1. The first-order chi connectivity index (χ1) is 9.23. The zero-order valence-corrected chi connectivity index (χ0v) is 12.4. The zero-order valence-electron chi connectivity index (χ0n) is 10.0. The summed E-state index contributed by atoms with van der Waals surface area (Å²) in [6, 6.07) is 2.43. The van der Waals surface area contributed by atoms with Gasteiger partial charge in [-0.15, -0.1) is 0 Å². The van der Waals surface area contributed by atoms with Gasteiger partial charge in [0.2, 0.25) is 10.0 Å². The van der Waals surface area contributed by atoms with Crippen LogP contribution in [0.1, 0.15) is 6.42 Å². The fourth-order valence-electron chi connectivity index (χ4n) is 2.05. The highest BCUT2D eigenvalue weighted by Gasteiger charge is 2.43. The predicted octanol–water partition coefficient (Wildman–Crippen LogP) is 1.20. The van der Waals surface area contributed by atoms with Crippen LogP contribution in [0.3, 0.4) is 0 Å². The van der Waals surface area contributed by atoms with E-state index in [9.17, 15) is 18.3 Å². The molecule has 0 amide bonds. The Balaban J connectivity index is 2.43. The van der Waals surface area contributed by atoms with E-state index in [4.69, 9.17) is 28.3 Å². The number of hydrogen-bond acceptors (Lipinski definition) is 4. The molecule has 6 nitrogen and oxygen atoms in total. The first-order valence-electron chi connectivity index (χ1n) is 5.61. The minimum absolute atomic E-state index is 0.0550. The fourth-order valence-corrected chi connectivity index (χ4v) is 4.07. The van der Waals surface area contributed by atoms with Crippen molar-refractivity contribution in [3.63, 3.8) is 0 Å². The highest BCUT2D eigenvalue weighted by atomic mass is 35.5. The monoisotopic (exact) mass is 339 g/mol. The van der Waals surface area contributed by atoms with Crippen LogP contribution in [0, 0.1) is 0 Å². The number of aliphatic hydroxyl groups is 1. The van der Waals surface area contributed by atoms with Crippen molar-refractivity contribution in [2.75, 3.05) is 6.54 Å².